The van der Waals surface area contributed by atoms with Gasteiger partial charge in [-0.25, -0.2) is 4.98 Å². The summed E-state index contributed by atoms with van der Waals surface area (Å²) in [5, 5.41) is 6.77. The molecule has 29 heavy (non-hydrogen) atoms. The Morgan fingerprint density at radius 1 is 1.17 bits per heavy atom. The number of amides is 2. The summed E-state index contributed by atoms with van der Waals surface area (Å²) in [6.45, 7) is 4.00. The van der Waals surface area contributed by atoms with Gasteiger partial charge in [0.05, 0.1) is 5.75 Å². The molecule has 8 heteroatoms. The summed E-state index contributed by atoms with van der Waals surface area (Å²) in [5.41, 5.74) is 2.01. The number of nitrogens with one attached hydrogen (secondary N) is 2. The Kier molecular flexibility index (Phi) is 7.46. The van der Waals surface area contributed by atoms with Crippen LogP contribution < -0.4 is 10.6 Å². The minimum atomic E-state index is -0.270. The van der Waals surface area contributed by atoms with E-state index in [0.717, 1.165) is 5.56 Å². The summed E-state index contributed by atoms with van der Waals surface area (Å²) in [6.07, 6.45) is 1.63. The molecule has 2 aromatic carbocycles. The lowest BCUT2D eigenvalue weighted by Crippen LogP contribution is -2.24. The standard InChI is InChI=1S/C21H18ClN3O2S2/c1-2-11-23-17(26)13-28-21-24-18(14-7-4-3-5-8-14)20(29-21)25-19(27)15-9-6-10-16(22)12-15/h2-10,12H,1,11,13H2,(H,23,26)(H,25,27). The van der Waals surface area contributed by atoms with E-state index in [1.807, 2.05) is 30.3 Å². The van der Waals surface area contributed by atoms with Crippen molar-refractivity contribution in [3.63, 3.8) is 0 Å². The van der Waals surface area contributed by atoms with Crippen LogP contribution in [-0.2, 0) is 4.79 Å². The van der Waals surface area contributed by atoms with Crippen LogP contribution in [-0.4, -0.2) is 29.1 Å². The first-order valence-electron chi connectivity index (χ1n) is 8.70. The van der Waals surface area contributed by atoms with Gasteiger partial charge >= 0.3 is 0 Å². The van der Waals surface area contributed by atoms with Crippen LogP contribution in [0.2, 0.25) is 5.02 Å². The SMILES string of the molecule is C=CCNC(=O)CSc1nc(-c2ccccc2)c(NC(=O)c2cccc(Cl)c2)s1. The average Bonchev–Trinajstić information content (AvgIpc) is 3.14. The molecule has 0 fully saturated rings. The topological polar surface area (TPSA) is 71.1 Å². The van der Waals surface area contributed by atoms with Crippen molar-refractivity contribution in [2.45, 2.75) is 4.34 Å². The smallest absolute Gasteiger partial charge is 0.256 e. The van der Waals surface area contributed by atoms with Gasteiger partial charge in [0.25, 0.3) is 5.91 Å². The Morgan fingerprint density at radius 2 is 1.97 bits per heavy atom. The van der Waals surface area contributed by atoms with E-state index < -0.39 is 0 Å². The first-order chi connectivity index (χ1) is 14.1. The second-order valence-corrected chi connectivity index (χ2v) is 8.53. The molecule has 5 nitrogen and oxygen atoms in total. The molecule has 0 spiro atoms. The molecule has 2 N–H and O–H groups in total. The molecular formula is C21H18ClN3O2S2. The zero-order valence-electron chi connectivity index (χ0n) is 15.4. The van der Waals surface area contributed by atoms with Gasteiger partial charge in [-0.05, 0) is 18.2 Å². The fraction of sp³-hybridized carbons (Fsp3) is 0.0952. The number of carbonyl (C=O) groups excluding carboxylic acids is 2. The number of benzene rings is 2. The highest BCUT2D eigenvalue weighted by Crippen LogP contribution is 2.37. The summed E-state index contributed by atoms with van der Waals surface area (Å²) < 4.78 is 0.694. The summed E-state index contributed by atoms with van der Waals surface area (Å²) in [5.74, 6) is -0.137. The first-order valence-corrected chi connectivity index (χ1v) is 10.9. The Hall–Kier alpha value is -2.61. The number of hydrogen-bond acceptors (Lipinski definition) is 5. The van der Waals surface area contributed by atoms with Gasteiger partial charge in [0.2, 0.25) is 5.91 Å². The maximum Gasteiger partial charge on any atom is 0.256 e. The first kappa shape index (κ1) is 21.1. The quantitative estimate of drug-likeness (QED) is 0.375. The largest absolute Gasteiger partial charge is 0.352 e. The van der Waals surface area contributed by atoms with Crippen LogP contribution in [0.4, 0.5) is 5.00 Å². The van der Waals surface area contributed by atoms with Gasteiger partial charge in [-0.3, -0.25) is 9.59 Å². The fourth-order valence-corrected chi connectivity index (χ4v) is 4.49. The lowest BCUT2D eigenvalue weighted by Gasteiger charge is -2.05. The predicted octanol–water partition coefficient (Wildman–Crippen LogP) is 5.11. The van der Waals surface area contributed by atoms with Gasteiger partial charge in [-0.15, -0.1) is 6.58 Å². The van der Waals surface area contributed by atoms with Gasteiger partial charge in [0.15, 0.2) is 4.34 Å². The number of carbonyl (C=O) groups is 2. The number of nitrogens with zero attached hydrogens (tertiary/aromatic N) is 1. The van der Waals surface area contributed by atoms with Crippen LogP contribution in [0.3, 0.4) is 0 Å². The molecule has 0 unspecified atom stereocenters. The van der Waals surface area contributed by atoms with Crippen LogP contribution in [0, 0.1) is 0 Å². The monoisotopic (exact) mass is 443 g/mol. The van der Waals surface area contributed by atoms with E-state index >= 15 is 0 Å². The van der Waals surface area contributed by atoms with Crippen LogP contribution in [0.25, 0.3) is 11.3 Å². The van der Waals surface area contributed by atoms with Gasteiger partial charge in [0, 0.05) is 22.7 Å². The van der Waals surface area contributed by atoms with Gasteiger partial charge < -0.3 is 10.6 Å². The number of anilines is 1. The lowest BCUT2D eigenvalue weighted by atomic mass is 10.1. The average molecular weight is 444 g/mol. The van der Waals surface area contributed by atoms with Gasteiger partial charge in [0.1, 0.15) is 10.7 Å². The Balaban J connectivity index is 1.82. The van der Waals surface area contributed by atoms with Crippen molar-refractivity contribution in [3.8, 4) is 11.3 Å². The van der Waals surface area contributed by atoms with Gasteiger partial charge in [-0.1, -0.05) is 77.2 Å². The van der Waals surface area contributed by atoms with E-state index in [0.29, 0.717) is 32.2 Å². The molecule has 0 aliphatic heterocycles. The van der Waals surface area contributed by atoms with E-state index in [1.54, 1.807) is 30.3 Å². The molecule has 0 atom stereocenters. The zero-order chi connectivity index (χ0) is 20.6. The highest BCUT2D eigenvalue weighted by Gasteiger charge is 2.17. The highest BCUT2D eigenvalue weighted by molar-refractivity contribution is 8.01. The summed E-state index contributed by atoms with van der Waals surface area (Å²) in [4.78, 5) is 29.2. The lowest BCUT2D eigenvalue weighted by molar-refractivity contribution is -0.118. The number of halogens is 1. The predicted molar refractivity (Wildman–Crippen MR) is 121 cm³/mol. The molecule has 1 heterocycles. The van der Waals surface area contributed by atoms with Crippen molar-refractivity contribution in [1.82, 2.24) is 10.3 Å². The van der Waals surface area contributed by atoms with Crippen LogP contribution in [0.5, 0.6) is 0 Å². The van der Waals surface area contributed by atoms with Crippen molar-refractivity contribution in [2.24, 2.45) is 0 Å². The number of thioether (sulfide) groups is 1. The van der Waals surface area contributed by atoms with Crippen molar-refractivity contribution in [3.05, 3.63) is 77.8 Å². The molecular weight excluding hydrogens is 426 g/mol. The number of rotatable bonds is 8. The minimum absolute atomic E-state index is 0.101. The molecule has 0 aliphatic carbocycles. The van der Waals surface area contributed by atoms with Crippen molar-refractivity contribution < 1.29 is 9.59 Å². The third-order valence-corrected chi connectivity index (χ3v) is 6.09. The third kappa shape index (κ3) is 5.93. The number of hydrogen-bond donors (Lipinski definition) is 2. The normalized spacial score (nSPS) is 10.4. The van der Waals surface area contributed by atoms with Crippen molar-refractivity contribution in [2.75, 3.05) is 17.6 Å². The molecule has 0 aliphatic rings. The van der Waals surface area contributed by atoms with Crippen molar-refractivity contribution in [1.29, 1.82) is 0 Å². The third-order valence-electron chi connectivity index (χ3n) is 3.74. The molecule has 3 rings (SSSR count). The van der Waals surface area contributed by atoms with E-state index in [9.17, 15) is 9.59 Å². The zero-order valence-corrected chi connectivity index (χ0v) is 17.7. The summed E-state index contributed by atoms with van der Waals surface area (Å²) in [6, 6.07) is 16.3. The highest BCUT2D eigenvalue weighted by atomic mass is 35.5. The van der Waals surface area contributed by atoms with Crippen LogP contribution in [0.1, 0.15) is 10.4 Å². The second kappa shape index (κ2) is 10.2. The molecule has 0 saturated heterocycles. The molecule has 1 aromatic heterocycles. The van der Waals surface area contributed by atoms with Crippen molar-refractivity contribution >= 4 is 51.5 Å². The fourth-order valence-electron chi connectivity index (χ4n) is 2.41. The van der Waals surface area contributed by atoms with E-state index in [-0.39, 0.29) is 17.6 Å². The molecule has 2 amide bonds. The Bertz CT molecular complexity index is 1020. The number of aromatic nitrogens is 1. The van der Waals surface area contributed by atoms with Crippen LogP contribution in [0.15, 0.2) is 71.6 Å². The maximum atomic E-state index is 12.7. The number of thiazole rings is 1. The van der Waals surface area contributed by atoms with E-state index in [4.69, 9.17) is 11.6 Å². The molecule has 3 aromatic rings. The maximum absolute atomic E-state index is 12.7. The molecule has 0 bridgehead atoms. The Morgan fingerprint density at radius 3 is 2.69 bits per heavy atom. The molecule has 0 saturated carbocycles. The minimum Gasteiger partial charge on any atom is -0.352 e. The van der Waals surface area contributed by atoms with E-state index in [2.05, 4.69) is 22.2 Å². The van der Waals surface area contributed by atoms with E-state index in [1.165, 1.54) is 23.1 Å². The van der Waals surface area contributed by atoms with Crippen LogP contribution >= 0.6 is 34.7 Å². The molecule has 0 radical (unpaired) electrons. The Labute approximate surface area is 182 Å². The van der Waals surface area contributed by atoms with Gasteiger partial charge in [-0.2, -0.15) is 0 Å². The second-order valence-electron chi connectivity index (χ2n) is 5.87. The summed E-state index contributed by atoms with van der Waals surface area (Å²) >= 11 is 8.65. The summed E-state index contributed by atoms with van der Waals surface area (Å²) in [7, 11) is 0. The molecule has 148 valence electrons.